The zero-order chi connectivity index (χ0) is 28.9. The molecule has 10 heteroatoms. The number of nitrogens with zero attached hydrogens (tertiary/aromatic N) is 4. The number of aliphatic hydroxyl groups is 1. The van der Waals surface area contributed by atoms with Crippen molar-refractivity contribution in [3.63, 3.8) is 0 Å². The molecule has 0 aliphatic carbocycles. The van der Waals surface area contributed by atoms with Crippen molar-refractivity contribution in [3.05, 3.63) is 112 Å². The number of azide groups is 1. The number of amides is 1. The number of nitrogens with one attached hydrogen (secondary N) is 1. The van der Waals surface area contributed by atoms with Gasteiger partial charge in [-0.2, -0.15) is 0 Å². The highest BCUT2D eigenvalue weighted by atomic mass is 16.5. The van der Waals surface area contributed by atoms with Crippen LogP contribution in [0.25, 0.3) is 10.4 Å². The molecule has 3 aromatic carbocycles. The molecule has 214 valence electrons. The Morgan fingerprint density at radius 3 is 2.56 bits per heavy atom. The number of aliphatic hydroxyl groups excluding tert-OH is 1. The maximum absolute atomic E-state index is 14.2. The molecule has 1 aliphatic rings. The van der Waals surface area contributed by atoms with Crippen LogP contribution in [0.4, 0.5) is 0 Å². The van der Waals surface area contributed by atoms with E-state index in [2.05, 4.69) is 15.3 Å². The van der Waals surface area contributed by atoms with Crippen LogP contribution >= 0.6 is 0 Å². The van der Waals surface area contributed by atoms with Gasteiger partial charge in [0.25, 0.3) is 5.91 Å². The molecule has 0 unspecified atom stereocenters. The zero-order valence-electron chi connectivity index (χ0n) is 23.1. The summed E-state index contributed by atoms with van der Waals surface area (Å²) in [7, 11) is 1.62. The van der Waals surface area contributed by atoms with E-state index in [1.165, 1.54) is 0 Å². The largest absolute Gasteiger partial charge is 0.494 e. The number of ether oxygens (including phenoxy) is 3. The van der Waals surface area contributed by atoms with Crippen LogP contribution in [0, 0.1) is 0 Å². The van der Waals surface area contributed by atoms with Gasteiger partial charge in [-0.25, -0.2) is 4.99 Å². The van der Waals surface area contributed by atoms with Gasteiger partial charge in [0, 0.05) is 50.2 Å². The van der Waals surface area contributed by atoms with E-state index < -0.39 is 11.6 Å². The molecular weight excluding hydrogens is 522 g/mol. The van der Waals surface area contributed by atoms with Gasteiger partial charge in [0.15, 0.2) is 11.6 Å². The third-order valence-electron chi connectivity index (χ3n) is 6.80. The summed E-state index contributed by atoms with van der Waals surface area (Å²) in [6.45, 7) is 1.50. The first-order chi connectivity index (χ1) is 20.1. The second-order valence-electron chi connectivity index (χ2n) is 9.64. The number of methoxy groups -OCH3 is 1. The standard InChI is InChI=1S/C31H35N5O5/c1-39-19-7-17-33-30(38)31(21-23-9-3-2-4-10-23)28(27-12-6-5-11-25(27)22-34-36-32)41-29(35-31)24-13-15-26(16-14-24)40-20-8-18-37/h2-6,9-16,28,37H,7-8,17-22H2,1H3,(H,33,38)/t28-,31-/m0/s1. The van der Waals surface area contributed by atoms with E-state index in [0.29, 0.717) is 49.8 Å². The van der Waals surface area contributed by atoms with E-state index in [1.807, 2.05) is 78.9 Å². The average Bonchev–Trinajstić information content (AvgIpc) is 3.39. The van der Waals surface area contributed by atoms with Crippen LogP contribution in [0.3, 0.4) is 0 Å². The number of carbonyl (C=O) groups is 1. The van der Waals surface area contributed by atoms with Crippen molar-refractivity contribution in [2.45, 2.75) is 37.5 Å². The van der Waals surface area contributed by atoms with Crippen molar-refractivity contribution in [3.8, 4) is 5.75 Å². The fourth-order valence-electron chi connectivity index (χ4n) is 4.78. The Bertz CT molecular complexity index is 1360. The summed E-state index contributed by atoms with van der Waals surface area (Å²) in [6.07, 6.45) is 0.689. The van der Waals surface area contributed by atoms with Gasteiger partial charge in [-0.1, -0.05) is 59.7 Å². The van der Waals surface area contributed by atoms with Crippen molar-refractivity contribution in [2.24, 2.45) is 10.1 Å². The lowest BCUT2D eigenvalue weighted by Crippen LogP contribution is -2.50. The van der Waals surface area contributed by atoms with Gasteiger partial charge in [0.2, 0.25) is 5.90 Å². The van der Waals surface area contributed by atoms with E-state index in [4.69, 9.17) is 29.8 Å². The Hall–Kier alpha value is -4.37. The summed E-state index contributed by atoms with van der Waals surface area (Å²) < 4.78 is 17.4. The number of rotatable bonds is 15. The highest BCUT2D eigenvalue weighted by Crippen LogP contribution is 2.43. The van der Waals surface area contributed by atoms with Crippen LogP contribution in [-0.2, 0) is 27.2 Å². The van der Waals surface area contributed by atoms with Gasteiger partial charge >= 0.3 is 0 Å². The Morgan fingerprint density at radius 1 is 1.07 bits per heavy atom. The quantitative estimate of drug-likeness (QED) is 0.118. The van der Waals surface area contributed by atoms with Crippen molar-refractivity contribution >= 4 is 11.8 Å². The molecule has 0 radical (unpaired) electrons. The molecule has 4 rings (SSSR count). The second kappa shape index (κ2) is 14.9. The van der Waals surface area contributed by atoms with E-state index in [-0.39, 0.29) is 25.5 Å². The maximum atomic E-state index is 14.2. The fraction of sp³-hybridized carbons (Fsp3) is 0.355. The molecule has 0 spiro atoms. The average molecular weight is 558 g/mol. The molecule has 2 atom stereocenters. The van der Waals surface area contributed by atoms with Crippen molar-refractivity contribution < 1.29 is 24.1 Å². The highest BCUT2D eigenvalue weighted by Gasteiger charge is 2.53. The molecule has 0 saturated heterocycles. The van der Waals surface area contributed by atoms with Gasteiger partial charge in [-0.05, 0) is 52.9 Å². The van der Waals surface area contributed by atoms with Crippen molar-refractivity contribution in [1.82, 2.24) is 5.32 Å². The predicted molar refractivity (Wildman–Crippen MR) is 156 cm³/mol. The van der Waals surface area contributed by atoms with E-state index in [1.54, 1.807) is 7.11 Å². The lowest BCUT2D eigenvalue weighted by molar-refractivity contribution is -0.129. The molecule has 0 fully saturated rings. The van der Waals surface area contributed by atoms with Crippen LogP contribution in [0.1, 0.15) is 41.2 Å². The number of hydrogen-bond donors (Lipinski definition) is 2. The van der Waals surface area contributed by atoms with Gasteiger partial charge in [-0.3, -0.25) is 4.79 Å². The van der Waals surface area contributed by atoms with E-state index in [0.717, 1.165) is 16.7 Å². The molecular formula is C31H35N5O5. The van der Waals surface area contributed by atoms with Crippen molar-refractivity contribution in [2.75, 3.05) is 33.5 Å². The third-order valence-corrected chi connectivity index (χ3v) is 6.80. The molecule has 3 aromatic rings. The molecule has 10 nitrogen and oxygen atoms in total. The molecule has 0 saturated carbocycles. The second-order valence-corrected chi connectivity index (χ2v) is 9.64. The van der Waals surface area contributed by atoms with Crippen LogP contribution in [0.2, 0.25) is 0 Å². The Morgan fingerprint density at radius 2 is 1.83 bits per heavy atom. The Labute approximate surface area is 239 Å². The van der Waals surface area contributed by atoms with Crippen LogP contribution in [0.15, 0.2) is 89.0 Å². The summed E-state index contributed by atoms with van der Waals surface area (Å²) in [5.41, 5.74) is 10.8. The van der Waals surface area contributed by atoms with Crippen LogP contribution in [-0.4, -0.2) is 55.9 Å². The smallest absolute Gasteiger partial charge is 0.252 e. The number of aliphatic imine (C=N–C) groups is 1. The lowest BCUT2D eigenvalue weighted by atomic mass is 9.80. The van der Waals surface area contributed by atoms with Crippen LogP contribution < -0.4 is 10.1 Å². The zero-order valence-corrected chi connectivity index (χ0v) is 23.1. The van der Waals surface area contributed by atoms with Crippen LogP contribution in [0.5, 0.6) is 5.75 Å². The molecule has 0 bridgehead atoms. The number of benzene rings is 3. The summed E-state index contributed by atoms with van der Waals surface area (Å²) in [4.78, 5) is 22.1. The first kappa shape index (κ1) is 29.6. The summed E-state index contributed by atoms with van der Waals surface area (Å²) >= 11 is 0. The molecule has 1 amide bonds. The van der Waals surface area contributed by atoms with Gasteiger partial charge in [0.1, 0.15) is 5.75 Å². The first-order valence-corrected chi connectivity index (χ1v) is 13.6. The number of hydrogen-bond acceptors (Lipinski definition) is 7. The van der Waals surface area contributed by atoms with Gasteiger partial charge in [0.05, 0.1) is 13.2 Å². The van der Waals surface area contributed by atoms with Gasteiger partial charge < -0.3 is 24.6 Å². The minimum atomic E-state index is -1.34. The topological polar surface area (TPSA) is 138 Å². The molecule has 1 aliphatic heterocycles. The molecule has 41 heavy (non-hydrogen) atoms. The van der Waals surface area contributed by atoms with E-state index >= 15 is 0 Å². The molecule has 0 aromatic heterocycles. The Balaban J connectivity index is 1.78. The SMILES string of the molecule is COCCCNC(=O)[C@@]1(Cc2ccccc2)N=C(c2ccc(OCCCO)cc2)O[C@H]1c1ccccc1CN=[N+]=[N-]. The first-order valence-electron chi connectivity index (χ1n) is 13.6. The third kappa shape index (κ3) is 7.43. The van der Waals surface area contributed by atoms with Gasteiger partial charge in [-0.15, -0.1) is 0 Å². The monoisotopic (exact) mass is 557 g/mol. The highest BCUT2D eigenvalue weighted by molar-refractivity contribution is 6.01. The summed E-state index contributed by atoms with van der Waals surface area (Å²) in [6, 6.07) is 24.5. The predicted octanol–water partition coefficient (Wildman–Crippen LogP) is 4.91. The minimum Gasteiger partial charge on any atom is -0.494 e. The number of carbonyl (C=O) groups excluding carboxylic acids is 1. The normalized spacial score (nSPS) is 17.7. The summed E-state index contributed by atoms with van der Waals surface area (Å²) in [5.74, 6) is 0.724. The molecule has 1 heterocycles. The summed E-state index contributed by atoms with van der Waals surface area (Å²) in [5, 5.41) is 15.9. The lowest BCUT2D eigenvalue weighted by Gasteiger charge is -2.31. The maximum Gasteiger partial charge on any atom is 0.252 e. The Kier molecular flexibility index (Phi) is 10.7. The van der Waals surface area contributed by atoms with Crippen molar-refractivity contribution in [1.29, 1.82) is 0 Å². The molecule has 2 N–H and O–H groups in total. The van der Waals surface area contributed by atoms with E-state index in [9.17, 15) is 4.79 Å². The fourth-order valence-corrected chi connectivity index (χ4v) is 4.78. The minimum absolute atomic E-state index is 0.0578.